The second-order valence-corrected chi connectivity index (χ2v) is 9.98. The first-order chi connectivity index (χ1) is 14.2. The molecule has 6 nitrogen and oxygen atoms in total. The van der Waals surface area contributed by atoms with E-state index in [1.165, 1.54) is 23.5 Å². The van der Waals surface area contributed by atoms with Gasteiger partial charge in [0.05, 0.1) is 22.0 Å². The van der Waals surface area contributed by atoms with Gasteiger partial charge in [0, 0.05) is 29.1 Å². The summed E-state index contributed by atoms with van der Waals surface area (Å²) in [6, 6.07) is 10.5. The molecular formula is C20H17ClFN3O3S2. The maximum absolute atomic E-state index is 14.9. The van der Waals surface area contributed by atoms with Gasteiger partial charge in [-0.15, -0.1) is 11.3 Å². The van der Waals surface area contributed by atoms with Crippen molar-refractivity contribution in [1.82, 2.24) is 9.88 Å². The number of primary sulfonamides is 1. The van der Waals surface area contributed by atoms with Crippen LogP contribution in [0.2, 0.25) is 5.02 Å². The van der Waals surface area contributed by atoms with E-state index in [1.807, 2.05) is 0 Å². The predicted molar refractivity (Wildman–Crippen MR) is 114 cm³/mol. The lowest BCUT2D eigenvalue weighted by Gasteiger charge is -2.12. The van der Waals surface area contributed by atoms with Crippen molar-refractivity contribution < 1.29 is 17.6 Å². The first-order valence-corrected chi connectivity index (χ1v) is 11.8. The van der Waals surface area contributed by atoms with Crippen molar-refractivity contribution in [3.05, 3.63) is 58.3 Å². The van der Waals surface area contributed by atoms with Crippen LogP contribution in [0, 0.1) is 5.82 Å². The number of aromatic nitrogens is 1. The number of likely N-dealkylation sites (tertiary alicyclic amines) is 1. The maximum atomic E-state index is 14.9. The van der Waals surface area contributed by atoms with Gasteiger partial charge in [0.15, 0.2) is 0 Å². The molecule has 1 amide bonds. The zero-order valence-corrected chi connectivity index (χ0v) is 18.0. The molecule has 0 radical (unpaired) electrons. The van der Waals surface area contributed by atoms with E-state index in [4.69, 9.17) is 16.7 Å². The minimum atomic E-state index is -4.02. The fraction of sp³-hybridized carbons (Fsp3) is 0.200. The molecule has 10 heteroatoms. The Morgan fingerprint density at radius 3 is 2.53 bits per heavy atom. The van der Waals surface area contributed by atoms with Crippen molar-refractivity contribution in [2.45, 2.75) is 24.3 Å². The van der Waals surface area contributed by atoms with E-state index in [0.29, 0.717) is 40.1 Å². The van der Waals surface area contributed by atoms with Crippen LogP contribution in [-0.2, 0) is 21.4 Å². The smallest absolute Gasteiger partial charge is 0.238 e. The van der Waals surface area contributed by atoms with Crippen LogP contribution in [0.15, 0.2) is 47.4 Å². The summed E-state index contributed by atoms with van der Waals surface area (Å²) < 4.78 is 37.9. The van der Waals surface area contributed by atoms with Gasteiger partial charge in [-0.25, -0.2) is 22.9 Å². The Morgan fingerprint density at radius 1 is 1.20 bits per heavy atom. The molecule has 4 rings (SSSR count). The molecule has 3 aromatic rings. The highest BCUT2D eigenvalue weighted by Gasteiger charge is 2.24. The Bertz CT molecular complexity index is 1230. The Hall–Kier alpha value is -2.33. The van der Waals surface area contributed by atoms with Crippen molar-refractivity contribution in [2.24, 2.45) is 5.14 Å². The normalized spacial score (nSPS) is 14.5. The standard InChI is InChI=1S/C20H17ClFN3O3S2/c21-13-5-3-12(4-6-13)19-20(15-8-7-14(10-16(15)22)30(23,27)28)29-17(24-19)11-25-9-1-2-18(25)26/h3-8,10H,1-2,9,11H2,(H2,23,27,28). The lowest BCUT2D eigenvalue weighted by atomic mass is 10.1. The van der Waals surface area contributed by atoms with E-state index in [-0.39, 0.29) is 16.4 Å². The highest BCUT2D eigenvalue weighted by Crippen LogP contribution is 2.39. The lowest BCUT2D eigenvalue weighted by molar-refractivity contribution is -0.128. The number of halogens is 2. The third kappa shape index (κ3) is 4.24. The van der Waals surface area contributed by atoms with Gasteiger partial charge in [-0.1, -0.05) is 23.7 Å². The third-order valence-electron chi connectivity index (χ3n) is 4.80. The number of nitrogens with two attached hydrogens (primary N) is 1. The van der Waals surface area contributed by atoms with Crippen LogP contribution >= 0.6 is 22.9 Å². The fourth-order valence-corrected chi connectivity index (χ4v) is 5.09. The summed E-state index contributed by atoms with van der Waals surface area (Å²) in [6.45, 7) is 1.02. The number of benzene rings is 2. The summed E-state index contributed by atoms with van der Waals surface area (Å²) >= 11 is 7.25. The number of sulfonamides is 1. The number of carbonyl (C=O) groups excluding carboxylic acids is 1. The highest BCUT2D eigenvalue weighted by atomic mass is 35.5. The summed E-state index contributed by atoms with van der Waals surface area (Å²) in [4.78, 5) is 18.6. The van der Waals surface area contributed by atoms with Crippen molar-refractivity contribution in [3.8, 4) is 21.7 Å². The summed E-state index contributed by atoms with van der Waals surface area (Å²) in [6.07, 6.45) is 1.33. The summed E-state index contributed by atoms with van der Waals surface area (Å²) in [7, 11) is -4.02. The molecule has 1 fully saturated rings. The summed E-state index contributed by atoms with van der Waals surface area (Å²) in [5, 5.41) is 6.33. The highest BCUT2D eigenvalue weighted by molar-refractivity contribution is 7.89. The third-order valence-corrected chi connectivity index (χ3v) is 7.04. The molecule has 0 saturated carbocycles. The molecule has 156 valence electrons. The van der Waals surface area contributed by atoms with Crippen molar-refractivity contribution in [2.75, 3.05) is 6.54 Å². The summed E-state index contributed by atoms with van der Waals surface area (Å²) in [5.41, 5.74) is 1.49. The quantitative estimate of drug-likeness (QED) is 0.615. The molecule has 0 bridgehead atoms. The molecular weight excluding hydrogens is 449 g/mol. The van der Waals surface area contributed by atoms with E-state index in [1.54, 1.807) is 29.2 Å². The van der Waals surface area contributed by atoms with Crippen LogP contribution in [0.1, 0.15) is 17.8 Å². The first-order valence-electron chi connectivity index (χ1n) is 9.08. The monoisotopic (exact) mass is 465 g/mol. The minimum absolute atomic E-state index is 0.0727. The predicted octanol–water partition coefficient (Wildman–Crippen LogP) is 4.04. The summed E-state index contributed by atoms with van der Waals surface area (Å²) in [5.74, 6) is -0.646. The van der Waals surface area contributed by atoms with E-state index >= 15 is 0 Å². The van der Waals surface area contributed by atoms with E-state index in [2.05, 4.69) is 4.98 Å². The van der Waals surface area contributed by atoms with Gasteiger partial charge >= 0.3 is 0 Å². The molecule has 0 unspecified atom stereocenters. The second kappa shape index (κ2) is 8.07. The molecule has 0 atom stereocenters. The molecule has 1 aliphatic heterocycles. The van der Waals surface area contributed by atoms with Gasteiger partial charge in [0.2, 0.25) is 15.9 Å². The Morgan fingerprint density at radius 2 is 1.93 bits per heavy atom. The molecule has 2 aromatic carbocycles. The van der Waals surface area contributed by atoms with Crippen molar-refractivity contribution in [1.29, 1.82) is 0 Å². The van der Waals surface area contributed by atoms with Gasteiger partial charge in [-0.3, -0.25) is 4.79 Å². The van der Waals surface area contributed by atoms with Gasteiger partial charge in [0.25, 0.3) is 0 Å². The lowest BCUT2D eigenvalue weighted by Crippen LogP contribution is -2.23. The van der Waals surface area contributed by atoms with Gasteiger partial charge in [-0.2, -0.15) is 0 Å². The number of amides is 1. The van der Waals surface area contributed by atoms with Crippen LogP contribution in [0.3, 0.4) is 0 Å². The molecule has 2 N–H and O–H groups in total. The Balaban J connectivity index is 1.81. The zero-order valence-electron chi connectivity index (χ0n) is 15.6. The van der Waals surface area contributed by atoms with Crippen LogP contribution in [0.5, 0.6) is 0 Å². The van der Waals surface area contributed by atoms with Gasteiger partial charge < -0.3 is 4.90 Å². The average molecular weight is 466 g/mol. The molecule has 1 saturated heterocycles. The largest absolute Gasteiger partial charge is 0.336 e. The van der Waals surface area contributed by atoms with E-state index in [0.717, 1.165) is 18.1 Å². The number of rotatable bonds is 5. The molecule has 1 aliphatic rings. The van der Waals surface area contributed by atoms with E-state index < -0.39 is 15.8 Å². The van der Waals surface area contributed by atoms with Crippen molar-refractivity contribution >= 4 is 38.9 Å². The maximum Gasteiger partial charge on any atom is 0.238 e. The molecule has 0 aliphatic carbocycles. The van der Waals surface area contributed by atoms with Crippen molar-refractivity contribution in [3.63, 3.8) is 0 Å². The first kappa shape index (κ1) is 20.9. The zero-order chi connectivity index (χ0) is 21.5. The van der Waals surface area contributed by atoms with Crippen LogP contribution in [-0.4, -0.2) is 30.8 Å². The topological polar surface area (TPSA) is 93.4 Å². The number of carbonyl (C=O) groups is 1. The van der Waals surface area contributed by atoms with E-state index in [9.17, 15) is 17.6 Å². The average Bonchev–Trinajstić information content (AvgIpc) is 3.28. The second-order valence-electron chi connectivity index (χ2n) is 6.90. The SMILES string of the molecule is NS(=O)(=O)c1ccc(-c2sc(CN3CCCC3=O)nc2-c2ccc(Cl)cc2)c(F)c1. The molecule has 2 heterocycles. The van der Waals surface area contributed by atoms with Crippen LogP contribution < -0.4 is 5.14 Å². The number of hydrogen-bond acceptors (Lipinski definition) is 5. The van der Waals surface area contributed by atoms with Crippen LogP contribution in [0.4, 0.5) is 4.39 Å². The number of thiazole rings is 1. The Kier molecular flexibility index (Phi) is 5.63. The molecule has 0 spiro atoms. The van der Waals surface area contributed by atoms with Gasteiger partial charge in [0.1, 0.15) is 10.8 Å². The van der Waals surface area contributed by atoms with Gasteiger partial charge in [-0.05, 0) is 36.8 Å². The number of hydrogen-bond donors (Lipinski definition) is 1. The Labute approximate surface area is 182 Å². The van der Waals surface area contributed by atoms with Crippen LogP contribution in [0.25, 0.3) is 21.7 Å². The molecule has 1 aromatic heterocycles. The fourth-order valence-electron chi connectivity index (χ4n) is 3.31. The molecule has 30 heavy (non-hydrogen) atoms. The minimum Gasteiger partial charge on any atom is -0.336 e. The number of nitrogens with zero attached hydrogens (tertiary/aromatic N) is 2.